The number of hydrogen-bond donors (Lipinski definition) is 3. The maximum atomic E-state index is 16.2. The lowest BCUT2D eigenvalue weighted by Crippen LogP contribution is -2.50. The highest BCUT2D eigenvalue weighted by Gasteiger charge is 2.55. The molecule has 20 heteroatoms. The summed E-state index contributed by atoms with van der Waals surface area (Å²) in [5.41, 5.74) is 7.03. The molecule has 14 nitrogen and oxygen atoms in total. The van der Waals surface area contributed by atoms with Gasteiger partial charge in [-0.15, -0.1) is 0 Å². The number of alkyl halides is 1. The standard InChI is InChI=1S/C29H38FN5O9P2S2Si/c1-29(2,3)49(4,5)44-25-20-14-39-45(36,47)42-23-19(41-28(21(23)30)35-16-34-22-26(31)32-15-33-27(22)35)13-38-46(37,48)43-24(25)18(40-20)12-11-17-9-7-6-8-10-17/h6-10,15-16,18-21,23-25,28H,13-14H2,1-5H3,(H,36,47)(H,37,48)(H2,31,32,33)/t18-,19+,20+,21+,23+,24-,25?,28+,45?,46?/m0/s1. The van der Waals surface area contributed by atoms with Crippen LogP contribution in [-0.4, -0.2) is 83.8 Å². The van der Waals surface area contributed by atoms with Gasteiger partial charge in [-0.05, 0) is 30.3 Å². The molecule has 3 fully saturated rings. The lowest BCUT2D eigenvalue weighted by atomic mass is 10.1. The summed E-state index contributed by atoms with van der Waals surface area (Å²) in [6.45, 7) is 0.729. The van der Waals surface area contributed by atoms with Gasteiger partial charge in [0.2, 0.25) is 0 Å². The van der Waals surface area contributed by atoms with Crippen molar-refractivity contribution in [3.8, 4) is 11.8 Å². The first-order chi connectivity index (χ1) is 22.9. The molecule has 0 spiro atoms. The van der Waals surface area contributed by atoms with Gasteiger partial charge in [0, 0.05) is 5.56 Å². The molecule has 0 aliphatic carbocycles. The first kappa shape index (κ1) is 36.9. The van der Waals surface area contributed by atoms with E-state index in [0.29, 0.717) is 5.56 Å². The molecule has 3 saturated heterocycles. The van der Waals surface area contributed by atoms with E-state index in [1.807, 2.05) is 43.4 Å². The molecule has 0 amide bonds. The summed E-state index contributed by atoms with van der Waals surface area (Å²) >= 11 is 8.46. The van der Waals surface area contributed by atoms with Gasteiger partial charge in [0.1, 0.15) is 48.5 Å². The first-order valence-electron chi connectivity index (χ1n) is 15.4. The molecular weight excluding hydrogens is 736 g/mol. The van der Waals surface area contributed by atoms with E-state index in [1.54, 1.807) is 0 Å². The van der Waals surface area contributed by atoms with Crippen molar-refractivity contribution < 1.29 is 45.5 Å². The number of nitrogen functional groups attached to an aromatic ring is 1. The molecule has 266 valence electrons. The van der Waals surface area contributed by atoms with Crippen molar-refractivity contribution in [1.82, 2.24) is 19.5 Å². The van der Waals surface area contributed by atoms with Crippen molar-refractivity contribution in [2.24, 2.45) is 0 Å². The number of hydrogen-bond acceptors (Lipinski definition) is 13. The maximum Gasteiger partial charge on any atom is 0.386 e. The van der Waals surface area contributed by atoms with E-state index in [-0.39, 0.29) is 28.6 Å². The molecule has 2 aromatic heterocycles. The summed E-state index contributed by atoms with van der Waals surface area (Å²) in [4.78, 5) is 12.2. The Morgan fingerprint density at radius 2 is 1.65 bits per heavy atom. The predicted molar refractivity (Wildman–Crippen MR) is 187 cm³/mol. The SMILES string of the molecule is CC(C)(C)[Si](C)(C)OC1[C@H]2OP(=O)(S)OC[C@H]3O[C@@H](n4cnc5c(N)ncnc54)[C@H](F)[C@@H]3OP(=O)(S)OC[C@H]1O[C@H]2C#Cc1ccccc1. The molecule has 1 aromatic carbocycles. The second-order valence-electron chi connectivity index (χ2n) is 13.3. The van der Waals surface area contributed by atoms with E-state index < -0.39 is 77.5 Å². The smallest absolute Gasteiger partial charge is 0.386 e. The minimum atomic E-state index is -4.32. The van der Waals surface area contributed by atoms with E-state index in [2.05, 4.69) is 72.1 Å². The van der Waals surface area contributed by atoms with Gasteiger partial charge < -0.3 is 19.6 Å². The van der Waals surface area contributed by atoms with Crippen LogP contribution in [0.5, 0.6) is 0 Å². The first-order valence-corrected chi connectivity index (χ1v) is 23.7. The monoisotopic (exact) mass is 773 g/mol. The van der Waals surface area contributed by atoms with E-state index in [4.69, 9.17) is 37.7 Å². The van der Waals surface area contributed by atoms with Crippen molar-refractivity contribution >= 4 is 63.4 Å². The number of imidazole rings is 1. The van der Waals surface area contributed by atoms with Crippen LogP contribution >= 0.6 is 38.1 Å². The number of nitrogens with zero attached hydrogens (tertiary/aromatic N) is 4. The van der Waals surface area contributed by atoms with Crippen LogP contribution in [0.25, 0.3) is 11.2 Å². The van der Waals surface area contributed by atoms with Crippen LogP contribution in [0.1, 0.15) is 32.6 Å². The third-order valence-corrected chi connectivity index (χ3v) is 16.6. The molecule has 2 bridgehead atoms. The number of benzene rings is 1. The van der Waals surface area contributed by atoms with Crippen molar-refractivity contribution in [1.29, 1.82) is 0 Å². The third kappa shape index (κ3) is 7.99. The lowest BCUT2D eigenvalue weighted by Gasteiger charge is -2.40. The number of thiol groups is 2. The summed E-state index contributed by atoms with van der Waals surface area (Å²) in [6.07, 6.45) is -7.67. The molecule has 0 saturated carbocycles. The average Bonchev–Trinajstić information content (AvgIpc) is 3.68. The largest absolute Gasteiger partial charge is 0.408 e. The van der Waals surface area contributed by atoms with E-state index >= 15 is 4.39 Å². The van der Waals surface area contributed by atoms with Gasteiger partial charge in [-0.3, -0.25) is 22.7 Å². The third-order valence-electron chi connectivity index (χ3n) is 8.92. The number of anilines is 1. The fourth-order valence-corrected chi connectivity index (χ4v) is 9.63. The van der Waals surface area contributed by atoms with Crippen LogP contribution in [0.4, 0.5) is 10.2 Å². The molecule has 10 atom stereocenters. The van der Waals surface area contributed by atoms with Crippen LogP contribution in [0.2, 0.25) is 18.1 Å². The maximum absolute atomic E-state index is 16.2. The van der Waals surface area contributed by atoms with Crippen LogP contribution < -0.4 is 5.73 Å². The normalized spacial score (nSPS) is 35.8. The molecule has 3 aromatic rings. The summed E-state index contributed by atoms with van der Waals surface area (Å²) in [5.74, 6) is 6.20. The Morgan fingerprint density at radius 1 is 1.00 bits per heavy atom. The highest BCUT2D eigenvalue weighted by Crippen LogP contribution is 2.60. The minimum Gasteiger partial charge on any atom is -0.408 e. The fourth-order valence-electron chi connectivity index (χ4n) is 5.37. The average molecular weight is 774 g/mol. The zero-order chi connectivity index (χ0) is 35.4. The van der Waals surface area contributed by atoms with Crippen molar-refractivity contribution in [3.05, 3.63) is 48.5 Å². The highest BCUT2D eigenvalue weighted by atomic mass is 32.7. The van der Waals surface area contributed by atoms with Crippen LogP contribution in [0.3, 0.4) is 0 Å². The zero-order valence-corrected chi connectivity index (χ0v) is 31.9. The minimum absolute atomic E-state index is 0.0835. The second-order valence-corrected chi connectivity index (χ2v) is 23.8. The number of halogens is 1. The van der Waals surface area contributed by atoms with Gasteiger partial charge in [-0.2, -0.15) is 0 Å². The van der Waals surface area contributed by atoms with Crippen LogP contribution in [-0.2, 0) is 41.1 Å². The van der Waals surface area contributed by atoms with Crippen molar-refractivity contribution in [3.63, 3.8) is 0 Å². The molecule has 3 unspecified atom stereocenters. The molecule has 5 heterocycles. The van der Waals surface area contributed by atoms with E-state index in [1.165, 1.54) is 17.2 Å². The van der Waals surface area contributed by atoms with Gasteiger partial charge in [0.15, 0.2) is 32.2 Å². The Labute approximate surface area is 294 Å². The summed E-state index contributed by atoms with van der Waals surface area (Å²) in [7, 11) is -2.55. The molecule has 0 radical (unpaired) electrons. The van der Waals surface area contributed by atoms with Crippen molar-refractivity contribution in [2.45, 2.75) is 87.9 Å². The van der Waals surface area contributed by atoms with E-state index in [9.17, 15) is 9.13 Å². The van der Waals surface area contributed by atoms with Gasteiger partial charge in [-0.25, -0.2) is 28.5 Å². The fraction of sp³-hybridized carbons (Fsp3) is 0.552. The number of aromatic nitrogens is 4. The second kappa shape index (κ2) is 13.9. The molecular formula is C29H38FN5O9P2S2Si. The van der Waals surface area contributed by atoms with E-state index in [0.717, 1.165) is 0 Å². The summed E-state index contributed by atoms with van der Waals surface area (Å²) < 4.78 is 87.5. The van der Waals surface area contributed by atoms with Crippen molar-refractivity contribution in [2.75, 3.05) is 18.9 Å². The Hall–Kier alpha value is -1.84. The van der Waals surface area contributed by atoms with Crippen LogP contribution in [0.15, 0.2) is 43.0 Å². The molecule has 2 N–H and O–H groups in total. The Bertz CT molecular complexity index is 1840. The molecule has 49 heavy (non-hydrogen) atoms. The number of rotatable bonds is 3. The lowest BCUT2D eigenvalue weighted by molar-refractivity contribution is -0.0433. The summed E-state index contributed by atoms with van der Waals surface area (Å²) in [5, 5.41) is -0.247. The molecule has 6 rings (SSSR count). The zero-order valence-electron chi connectivity index (χ0n) is 27.3. The van der Waals surface area contributed by atoms with Crippen LogP contribution in [0, 0.1) is 11.8 Å². The Morgan fingerprint density at radius 3 is 2.33 bits per heavy atom. The topological polar surface area (TPSA) is 168 Å². The number of fused-ring (bicyclic) bond motifs is 4. The number of nitrogens with two attached hydrogens (primary N) is 1. The summed E-state index contributed by atoms with van der Waals surface area (Å²) in [6, 6.07) is 9.20. The predicted octanol–water partition coefficient (Wildman–Crippen LogP) is 5.75. The molecule has 3 aliphatic heterocycles. The Kier molecular flexibility index (Phi) is 10.5. The van der Waals surface area contributed by atoms with Gasteiger partial charge >= 0.3 is 13.6 Å². The highest BCUT2D eigenvalue weighted by molar-refractivity contribution is 8.44. The quantitative estimate of drug-likeness (QED) is 0.128. The Balaban J connectivity index is 1.33. The van der Waals surface area contributed by atoms with Gasteiger partial charge in [-0.1, -0.05) is 75.3 Å². The molecule has 3 aliphatic rings. The van der Waals surface area contributed by atoms with Gasteiger partial charge in [0.25, 0.3) is 0 Å². The number of ether oxygens (including phenoxy) is 2. The van der Waals surface area contributed by atoms with Gasteiger partial charge in [0.05, 0.1) is 19.5 Å².